The first-order valence-electron chi connectivity index (χ1n) is 5.61. The van der Waals surface area contributed by atoms with Crippen LogP contribution in [0.4, 0.5) is 10.9 Å². The van der Waals surface area contributed by atoms with Crippen molar-refractivity contribution in [2.45, 2.75) is 38.1 Å². The molecule has 0 spiro atoms. The normalized spacial score (nSPS) is 17.0. The van der Waals surface area contributed by atoms with Gasteiger partial charge in [-0.15, -0.1) is 0 Å². The lowest BCUT2D eigenvalue weighted by atomic mass is 9.94. The van der Waals surface area contributed by atoms with Gasteiger partial charge in [-0.25, -0.2) is 4.98 Å². The number of nitrogens with two attached hydrogens (primary N) is 1. The first-order chi connectivity index (χ1) is 7.72. The molecule has 1 heterocycles. The molecule has 0 radical (unpaired) electrons. The molecule has 0 unspecified atom stereocenters. The van der Waals surface area contributed by atoms with Crippen molar-refractivity contribution in [3.05, 3.63) is 4.88 Å². The predicted octanol–water partition coefficient (Wildman–Crippen LogP) is 2.37. The lowest BCUT2D eigenvalue weighted by Gasteiger charge is -2.31. The van der Waals surface area contributed by atoms with Crippen molar-refractivity contribution in [1.82, 2.24) is 4.98 Å². The summed E-state index contributed by atoms with van der Waals surface area (Å²) in [7, 11) is 2.02. The van der Waals surface area contributed by atoms with E-state index >= 15 is 0 Å². The molecular formula is C11H16N4S. The molecule has 86 valence electrons. The van der Waals surface area contributed by atoms with E-state index in [2.05, 4.69) is 16.0 Å². The number of hydrogen-bond donors (Lipinski definition) is 1. The molecule has 1 aliphatic rings. The fourth-order valence-corrected chi connectivity index (χ4v) is 2.95. The van der Waals surface area contributed by atoms with Gasteiger partial charge in [0.05, 0.1) is 0 Å². The maximum absolute atomic E-state index is 9.02. The van der Waals surface area contributed by atoms with Gasteiger partial charge in [-0.1, -0.05) is 30.6 Å². The summed E-state index contributed by atoms with van der Waals surface area (Å²) in [5, 5.41) is 9.50. The van der Waals surface area contributed by atoms with E-state index in [1.807, 2.05) is 7.05 Å². The number of rotatable bonds is 2. The monoisotopic (exact) mass is 236 g/mol. The smallest absolute Gasteiger partial charge is 0.183 e. The lowest BCUT2D eigenvalue weighted by molar-refractivity contribution is 0.426. The number of hydrogen-bond acceptors (Lipinski definition) is 5. The lowest BCUT2D eigenvalue weighted by Crippen LogP contribution is -2.33. The fraction of sp³-hybridized carbons (Fsp3) is 0.636. The molecule has 5 heteroatoms. The molecule has 1 fully saturated rings. The Morgan fingerprint density at radius 1 is 1.44 bits per heavy atom. The van der Waals surface area contributed by atoms with E-state index in [1.165, 1.54) is 43.4 Å². The summed E-state index contributed by atoms with van der Waals surface area (Å²) in [6, 6.07) is 2.69. The average Bonchev–Trinajstić information content (AvgIpc) is 2.70. The summed E-state index contributed by atoms with van der Waals surface area (Å²) in [4.78, 5) is 7.02. The van der Waals surface area contributed by atoms with Gasteiger partial charge in [-0.05, 0) is 12.8 Å². The van der Waals surface area contributed by atoms with Crippen molar-refractivity contribution < 1.29 is 0 Å². The van der Waals surface area contributed by atoms with Crippen LogP contribution in [0.3, 0.4) is 0 Å². The topological polar surface area (TPSA) is 65.9 Å². The van der Waals surface area contributed by atoms with Crippen LogP contribution in [0.25, 0.3) is 0 Å². The highest BCUT2D eigenvalue weighted by atomic mass is 32.1. The van der Waals surface area contributed by atoms with Crippen molar-refractivity contribution in [1.29, 1.82) is 5.26 Å². The Morgan fingerprint density at radius 2 is 2.12 bits per heavy atom. The highest BCUT2D eigenvalue weighted by Crippen LogP contribution is 2.31. The summed E-state index contributed by atoms with van der Waals surface area (Å²) in [5.41, 5.74) is 5.65. The maximum atomic E-state index is 9.02. The molecular weight excluding hydrogens is 220 g/mol. The predicted molar refractivity (Wildman–Crippen MR) is 66.5 cm³/mol. The van der Waals surface area contributed by atoms with Crippen molar-refractivity contribution >= 4 is 22.3 Å². The molecule has 1 aromatic rings. The molecule has 1 aliphatic carbocycles. The highest BCUT2D eigenvalue weighted by Gasteiger charge is 2.22. The largest absolute Gasteiger partial charge is 0.375 e. The second-order valence-corrected chi connectivity index (χ2v) is 5.25. The molecule has 2 rings (SSSR count). The minimum atomic E-state index is 0.481. The first-order valence-corrected chi connectivity index (χ1v) is 6.43. The van der Waals surface area contributed by atoms with Crippen LogP contribution >= 0.6 is 11.3 Å². The number of aromatic nitrogens is 1. The summed E-state index contributed by atoms with van der Waals surface area (Å²) < 4.78 is 0. The Morgan fingerprint density at radius 3 is 2.75 bits per heavy atom. The number of anilines is 2. The van der Waals surface area contributed by atoms with Crippen molar-refractivity contribution in [3.8, 4) is 6.07 Å². The van der Waals surface area contributed by atoms with Crippen molar-refractivity contribution in [2.24, 2.45) is 0 Å². The van der Waals surface area contributed by atoms with Gasteiger partial charge < -0.3 is 10.6 Å². The molecule has 2 N–H and O–H groups in total. The molecule has 1 saturated carbocycles. The van der Waals surface area contributed by atoms with Crippen molar-refractivity contribution in [3.63, 3.8) is 0 Å². The molecule has 0 aromatic carbocycles. The Balaban J connectivity index is 2.19. The van der Waals surface area contributed by atoms with Crippen LogP contribution in [0, 0.1) is 11.3 Å². The Kier molecular flexibility index (Phi) is 3.30. The van der Waals surface area contributed by atoms with Crippen LogP contribution in [-0.2, 0) is 0 Å². The Bertz CT molecular complexity index is 401. The first kappa shape index (κ1) is 11.2. The summed E-state index contributed by atoms with van der Waals surface area (Å²) in [5.74, 6) is 0.761. The van der Waals surface area contributed by atoms with E-state index in [-0.39, 0.29) is 0 Å². The van der Waals surface area contributed by atoms with E-state index in [4.69, 9.17) is 11.0 Å². The number of nitriles is 1. The molecule has 16 heavy (non-hydrogen) atoms. The zero-order chi connectivity index (χ0) is 11.5. The van der Waals surface area contributed by atoms with Crippen LogP contribution in [0.1, 0.15) is 37.0 Å². The van der Waals surface area contributed by atoms with Gasteiger partial charge in [0.15, 0.2) is 15.8 Å². The maximum Gasteiger partial charge on any atom is 0.183 e. The molecule has 0 aliphatic heterocycles. The summed E-state index contributed by atoms with van der Waals surface area (Å²) >= 11 is 1.27. The van der Waals surface area contributed by atoms with Crippen LogP contribution in [0.5, 0.6) is 0 Å². The Labute approximate surface area is 99.7 Å². The van der Waals surface area contributed by atoms with Crippen LogP contribution in [0.15, 0.2) is 0 Å². The Hall–Kier alpha value is -1.28. The SMILES string of the molecule is CN(c1nc(N)sc1C#N)C1CCCCC1. The summed E-state index contributed by atoms with van der Waals surface area (Å²) in [6.45, 7) is 0. The molecule has 4 nitrogen and oxygen atoms in total. The van der Waals surface area contributed by atoms with Gasteiger partial charge >= 0.3 is 0 Å². The third-order valence-electron chi connectivity index (χ3n) is 3.18. The van der Waals surface area contributed by atoms with Gasteiger partial charge in [-0.2, -0.15) is 5.26 Å². The van der Waals surface area contributed by atoms with E-state index in [1.54, 1.807) is 0 Å². The minimum Gasteiger partial charge on any atom is -0.375 e. The zero-order valence-corrected chi connectivity index (χ0v) is 10.3. The second-order valence-electron chi connectivity index (χ2n) is 4.22. The van der Waals surface area contributed by atoms with Gasteiger partial charge in [0.25, 0.3) is 0 Å². The van der Waals surface area contributed by atoms with Gasteiger partial charge in [-0.3, -0.25) is 0 Å². The fourth-order valence-electron chi connectivity index (χ4n) is 2.28. The van der Waals surface area contributed by atoms with Crippen LogP contribution in [0.2, 0.25) is 0 Å². The van der Waals surface area contributed by atoms with Gasteiger partial charge in [0.1, 0.15) is 6.07 Å². The standard InChI is InChI=1S/C11H16N4S/c1-15(8-5-3-2-4-6-8)10-9(7-12)16-11(13)14-10/h8H,2-6H2,1H3,(H2,13,14). The molecule has 0 amide bonds. The zero-order valence-electron chi connectivity index (χ0n) is 9.44. The third-order valence-corrected chi connectivity index (χ3v) is 3.96. The van der Waals surface area contributed by atoms with Gasteiger partial charge in [0, 0.05) is 13.1 Å². The van der Waals surface area contributed by atoms with E-state index in [0.717, 1.165) is 5.82 Å². The van der Waals surface area contributed by atoms with Crippen LogP contribution < -0.4 is 10.6 Å². The summed E-state index contributed by atoms with van der Waals surface area (Å²) in [6.07, 6.45) is 6.26. The van der Waals surface area contributed by atoms with E-state index < -0.39 is 0 Å². The van der Waals surface area contributed by atoms with Gasteiger partial charge in [0.2, 0.25) is 0 Å². The molecule has 0 saturated heterocycles. The minimum absolute atomic E-state index is 0.481. The third kappa shape index (κ3) is 2.12. The number of thiazole rings is 1. The quantitative estimate of drug-likeness (QED) is 0.856. The van der Waals surface area contributed by atoms with E-state index in [9.17, 15) is 0 Å². The molecule has 1 aromatic heterocycles. The number of nitrogen functional groups attached to an aromatic ring is 1. The average molecular weight is 236 g/mol. The molecule has 0 bridgehead atoms. The van der Waals surface area contributed by atoms with Crippen molar-refractivity contribution in [2.75, 3.05) is 17.7 Å². The highest BCUT2D eigenvalue weighted by molar-refractivity contribution is 7.16. The van der Waals surface area contributed by atoms with Crippen LogP contribution in [-0.4, -0.2) is 18.1 Å². The molecule has 0 atom stereocenters. The number of nitrogens with zero attached hydrogens (tertiary/aromatic N) is 3. The second kappa shape index (κ2) is 4.71. The van der Waals surface area contributed by atoms with E-state index in [0.29, 0.717) is 16.1 Å².